The zero-order chi connectivity index (χ0) is 12.7. The summed E-state index contributed by atoms with van der Waals surface area (Å²) in [5, 5.41) is 0. The van der Waals surface area contributed by atoms with E-state index in [9.17, 15) is 0 Å². The lowest BCUT2D eigenvalue weighted by Crippen LogP contribution is -2.04. The summed E-state index contributed by atoms with van der Waals surface area (Å²) in [6.07, 6.45) is 0.861. The van der Waals surface area contributed by atoms with Crippen molar-refractivity contribution in [2.75, 3.05) is 26.0 Å². The predicted molar refractivity (Wildman–Crippen MR) is 73.3 cm³/mol. The van der Waals surface area contributed by atoms with Crippen LogP contribution in [-0.2, 0) is 6.42 Å². The number of methoxy groups -OCH3 is 1. The number of rotatable bonds is 7. The van der Waals surface area contributed by atoms with Crippen LogP contribution in [0.25, 0.3) is 0 Å². The Labute approximate surface area is 108 Å². The highest BCUT2D eigenvalue weighted by molar-refractivity contribution is 7.99. The van der Waals surface area contributed by atoms with E-state index < -0.39 is 0 Å². The lowest BCUT2D eigenvalue weighted by Gasteiger charge is -2.15. The summed E-state index contributed by atoms with van der Waals surface area (Å²) in [6, 6.07) is 4.16. The van der Waals surface area contributed by atoms with Crippen molar-refractivity contribution in [3.8, 4) is 11.5 Å². The van der Waals surface area contributed by atoms with Crippen LogP contribution in [0, 0.1) is 0 Å². The van der Waals surface area contributed by atoms with Gasteiger partial charge in [0.1, 0.15) is 0 Å². The van der Waals surface area contributed by atoms with Crippen LogP contribution >= 0.6 is 11.8 Å². The van der Waals surface area contributed by atoms with Gasteiger partial charge in [0.2, 0.25) is 0 Å². The van der Waals surface area contributed by atoms with Crippen molar-refractivity contribution < 1.29 is 9.47 Å². The molecule has 1 aromatic carbocycles. The first-order chi connectivity index (χ1) is 8.26. The van der Waals surface area contributed by atoms with Crippen molar-refractivity contribution in [3.05, 3.63) is 17.7 Å². The first-order valence-corrected chi connectivity index (χ1v) is 6.91. The van der Waals surface area contributed by atoms with Gasteiger partial charge in [0, 0.05) is 0 Å². The molecule has 17 heavy (non-hydrogen) atoms. The average Bonchev–Trinajstić information content (AvgIpc) is 2.33. The summed E-state index contributed by atoms with van der Waals surface area (Å²) in [7, 11) is 1.67. The van der Waals surface area contributed by atoms with E-state index in [2.05, 4.69) is 13.0 Å². The van der Waals surface area contributed by atoms with E-state index in [1.807, 2.05) is 13.0 Å². The summed E-state index contributed by atoms with van der Waals surface area (Å²) < 4.78 is 11.1. The second kappa shape index (κ2) is 7.45. The SMILES string of the molecule is CCOc1c(OC)cc(CCN)cc1SCC. The molecule has 0 unspecified atom stereocenters. The molecule has 0 amide bonds. The van der Waals surface area contributed by atoms with Gasteiger partial charge in [-0.15, -0.1) is 11.8 Å². The van der Waals surface area contributed by atoms with E-state index in [0.717, 1.165) is 28.6 Å². The van der Waals surface area contributed by atoms with Crippen LogP contribution in [0.1, 0.15) is 19.4 Å². The highest BCUT2D eigenvalue weighted by Crippen LogP contribution is 2.39. The molecule has 3 nitrogen and oxygen atoms in total. The van der Waals surface area contributed by atoms with Crippen molar-refractivity contribution in [1.29, 1.82) is 0 Å². The molecular formula is C13H21NO2S. The zero-order valence-corrected chi connectivity index (χ0v) is 11.6. The summed E-state index contributed by atoms with van der Waals surface area (Å²) in [5.74, 6) is 2.66. The Morgan fingerprint density at radius 2 is 2.06 bits per heavy atom. The number of hydrogen-bond acceptors (Lipinski definition) is 4. The molecule has 1 aromatic rings. The molecule has 0 radical (unpaired) electrons. The predicted octanol–water partition coefficient (Wildman–Crippen LogP) is 2.71. The van der Waals surface area contributed by atoms with Crippen LogP contribution in [0.2, 0.25) is 0 Å². The maximum Gasteiger partial charge on any atom is 0.174 e. The highest BCUT2D eigenvalue weighted by atomic mass is 32.2. The summed E-state index contributed by atoms with van der Waals surface area (Å²) in [4.78, 5) is 1.14. The van der Waals surface area contributed by atoms with Crippen molar-refractivity contribution >= 4 is 11.8 Å². The third-order valence-corrected chi connectivity index (χ3v) is 3.22. The standard InChI is InChI=1S/C13H21NO2S/c1-4-16-13-11(15-3)8-10(6-7-14)9-12(13)17-5-2/h8-9H,4-7,14H2,1-3H3. The Morgan fingerprint density at radius 1 is 1.29 bits per heavy atom. The van der Waals surface area contributed by atoms with Crippen molar-refractivity contribution in [2.24, 2.45) is 5.73 Å². The Kier molecular flexibility index (Phi) is 6.22. The Bertz CT molecular complexity index is 356. The number of benzene rings is 1. The maximum absolute atomic E-state index is 5.67. The van der Waals surface area contributed by atoms with Gasteiger partial charge in [-0.1, -0.05) is 6.92 Å². The van der Waals surface area contributed by atoms with Gasteiger partial charge in [0.25, 0.3) is 0 Å². The molecule has 1 rings (SSSR count). The molecule has 0 saturated carbocycles. The third-order valence-electron chi connectivity index (χ3n) is 2.32. The topological polar surface area (TPSA) is 44.5 Å². The highest BCUT2D eigenvalue weighted by Gasteiger charge is 2.12. The molecule has 2 N–H and O–H groups in total. The lowest BCUT2D eigenvalue weighted by molar-refractivity contribution is 0.303. The smallest absolute Gasteiger partial charge is 0.174 e. The Morgan fingerprint density at radius 3 is 2.59 bits per heavy atom. The van der Waals surface area contributed by atoms with E-state index in [4.69, 9.17) is 15.2 Å². The van der Waals surface area contributed by atoms with Gasteiger partial charge in [0.15, 0.2) is 11.5 Å². The van der Waals surface area contributed by atoms with Crippen LogP contribution in [-0.4, -0.2) is 26.0 Å². The van der Waals surface area contributed by atoms with Crippen molar-refractivity contribution in [2.45, 2.75) is 25.2 Å². The van der Waals surface area contributed by atoms with Crippen LogP contribution in [0.3, 0.4) is 0 Å². The molecule has 96 valence electrons. The molecule has 4 heteroatoms. The minimum Gasteiger partial charge on any atom is -0.493 e. The molecule has 0 fully saturated rings. The van der Waals surface area contributed by atoms with Gasteiger partial charge in [-0.2, -0.15) is 0 Å². The largest absolute Gasteiger partial charge is 0.493 e. The van der Waals surface area contributed by atoms with Crippen LogP contribution in [0.4, 0.5) is 0 Å². The first-order valence-electron chi connectivity index (χ1n) is 5.93. The van der Waals surface area contributed by atoms with Crippen molar-refractivity contribution in [3.63, 3.8) is 0 Å². The van der Waals surface area contributed by atoms with Crippen LogP contribution in [0.15, 0.2) is 17.0 Å². The molecule has 0 aromatic heterocycles. The zero-order valence-electron chi connectivity index (χ0n) is 10.8. The van der Waals surface area contributed by atoms with Gasteiger partial charge in [-0.25, -0.2) is 0 Å². The summed E-state index contributed by atoms with van der Waals surface area (Å²) in [6.45, 7) is 5.40. The van der Waals surface area contributed by atoms with E-state index >= 15 is 0 Å². The summed E-state index contributed by atoms with van der Waals surface area (Å²) >= 11 is 1.77. The van der Waals surface area contributed by atoms with Crippen LogP contribution < -0.4 is 15.2 Å². The number of hydrogen-bond donors (Lipinski definition) is 1. The number of nitrogens with two attached hydrogens (primary N) is 1. The number of thioether (sulfide) groups is 1. The van der Waals surface area contributed by atoms with Gasteiger partial charge in [0.05, 0.1) is 18.6 Å². The van der Waals surface area contributed by atoms with E-state index in [1.165, 1.54) is 5.56 Å². The normalized spacial score (nSPS) is 10.4. The summed E-state index contributed by atoms with van der Waals surface area (Å²) in [5.41, 5.74) is 6.79. The minimum atomic E-state index is 0.643. The Balaban J connectivity index is 3.14. The van der Waals surface area contributed by atoms with Crippen molar-refractivity contribution in [1.82, 2.24) is 0 Å². The third kappa shape index (κ3) is 3.82. The molecule has 0 bridgehead atoms. The molecular weight excluding hydrogens is 234 g/mol. The average molecular weight is 255 g/mol. The molecule has 0 heterocycles. The molecule has 0 aliphatic rings. The van der Waals surface area contributed by atoms with E-state index in [1.54, 1.807) is 18.9 Å². The fourth-order valence-electron chi connectivity index (χ4n) is 1.64. The fraction of sp³-hybridized carbons (Fsp3) is 0.538. The second-order valence-electron chi connectivity index (χ2n) is 3.53. The van der Waals surface area contributed by atoms with Crippen LogP contribution in [0.5, 0.6) is 11.5 Å². The fourth-order valence-corrected chi connectivity index (χ4v) is 2.48. The van der Waals surface area contributed by atoms with Gasteiger partial charge in [-0.05, 0) is 43.3 Å². The lowest BCUT2D eigenvalue weighted by atomic mass is 10.1. The molecule has 0 atom stereocenters. The molecule has 0 spiro atoms. The van der Waals surface area contributed by atoms with E-state index in [0.29, 0.717) is 13.2 Å². The Hall–Kier alpha value is -0.870. The molecule has 0 aliphatic carbocycles. The maximum atomic E-state index is 5.67. The minimum absolute atomic E-state index is 0.643. The number of ether oxygens (including phenoxy) is 2. The monoisotopic (exact) mass is 255 g/mol. The second-order valence-corrected chi connectivity index (χ2v) is 4.84. The van der Waals surface area contributed by atoms with E-state index in [-0.39, 0.29) is 0 Å². The van der Waals surface area contributed by atoms with Gasteiger partial charge < -0.3 is 15.2 Å². The molecule has 0 aliphatic heterocycles. The van der Waals surface area contributed by atoms with Gasteiger partial charge in [-0.3, -0.25) is 0 Å². The first kappa shape index (κ1) is 14.2. The molecule has 0 saturated heterocycles. The quantitative estimate of drug-likeness (QED) is 0.761. The van der Waals surface area contributed by atoms with Gasteiger partial charge >= 0.3 is 0 Å².